The number of ether oxygens (including phenoxy) is 1. The molecule has 2 heterocycles. The van der Waals surface area contributed by atoms with Crippen molar-refractivity contribution in [2.45, 2.75) is 38.7 Å². The third kappa shape index (κ3) is 2.04. The maximum atomic E-state index is 14.2. The van der Waals surface area contributed by atoms with Gasteiger partial charge in [0.05, 0.1) is 6.10 Å². The Morgan fingerprint density at radius 2 is 2.47 bits per heavy atom. The first-order chi connectivity index (χ1) is 8.71. The molecule has 0 radical (unpaired) electrons. The molecule has 0 unspecified atom stereocenters. The van der Waals surface area contributed by atoms with Crippen molar-refractivity contribution >= 4 is 5.82 Å². The Balaban J connectivity index is 2.34. The lowest BCUT2D eigenvalue weighted by Crippen LogP contribution is -2.31. The van der Waals surface area contributed by atoms with Gasteiger partial charge in [-0.3, -0.25) is 4.57 Å². The van der Waals surface area contributed by atoms with Crippen LogP contribution in [0.3, 0.4) is 0 Å². The largest absolute Gasteiger partial charge is 0.383 e. The summed E-state index contributed by atoms with van der Waals surface area (Å²) in [7, 11) is 0. The molecule has 1 aromatic rings. The summed E-state index contributed by atoms with van der Waals surface area (Å²) in [5.41, 5.74) is 4.65. The molecule has 5 nitrogen and oxygen atoms in total. The van der Waals surface area contributed by atoms with Crippen molar-refractivity contribution in [1.82, 2.24) is 9.55 Å². The molecular formula is C11H16FN3O2. The van der Waals surface area contributed by atoms with Gasteiger partial charge in [-0.1, -0.05) is 13.8 Å². The Kier molecular flexibility index (Phi) is 2.51. The van der Waals surface area contributed by atoms with Gasteiger partial charge >= 0.3 is 5.69 Å². The van der Waals surface area contributed by atoms with E-state index < -0.39 is 36.5 Å². The van der Waals surface area contributed by atoms with Gasteiger partial charge in [0.25, 0.3) is 0 Å². The van der Waals surface area contributed by atoms with Crippen LogP contribution in [0.4, 0.5) is 10.2 Å². The van der Waals surface area contributed by atoms with E-state index in [1.54, 1.807) is 6.92 Å². The lowest BCUT2D eigenvalue weighted by Gasteiger charge is -2.15. The van der Waals surface area contributed by atoms with E-state index in [-0.39, 0.29) is 5.82 Å². The lowest BCUT2D eigenvalue weighted by molar-refractivity contribution is -0.0235. The number of anilines is 1. The van der Waals surface area contributed by atoms with Gasteiger partial charge in [-0.15, -0.1) is 0 Å². The van der Waals surface area contributed by atoms with Crippen LogP contribution < -0.4 is 11.4 Å². The Bertz CT molecular complexity index is 531. The van der Waals surface area contributed by atoms with Crippen molar-refractivity contribution in [2.24, 2.45) is 5.92 Å². The standard InChI is InChI=1S/C11H16FN3O2/c1-3-7-6(2)9(12)10(17-7)15-5-4-8(13)14-11(15)16/h4-7,9-10H,3H2,1-2H3,(H2,13,14,16)/t6-,7-,9-,10-/m1/s1/i3D2. The third-order valence-corrected chi connectivity index (χ3v) is 2.95. The number of aromatic nitrogens is 2. The molecule has 0 aliphatic carbocycles. The minimum atomic E-state index is -1.69. The average molecular weight is 243 g/mol. The highest BCUT2D eigenvalue weighted by Gasteiger charge is 2.42. The summed E-state index contributed by atoms with van der Waals surface area (Å²) in [6.45, 7) is 2.89. The molecule has 17 heavy (non-hydrogen) atoms. The van der Waals surface area contributed by atoms with Gasteiger partial charge in [-0.05, 0) is 12.4 Å². The summed E-state index contributed by atoms with van der Waals surface area (Å²) in [6.07, 6.45) is -3.96. The second-order valence-corrected chi connectivity index (χ2v) is 4.08. The lowest BCUT2D eigenvalue weighted by atomic mass is 10.00. The van der Waals surface area contributed by atoms with Crippen LogP contribution in [0.25, 0.3) is 0 Å². The van der Waals surface area contributed by atoms with Crippen LogP contribution in [0.1, 0.15) is 29.2 Å². The van der Waals surface area contributed by atoms with Crippen LogP contribution in [0.5, 0.6) is 0 Å². The summed E-state index contributed by atoms with van der Waals surface area (Å²) < 4.78 is 35.9. The van der Waals surface area contributed by atoms with Crippen LogP contribution >= 0.6 is 0 Å². The molecule has 0 saturated carbocycles. The number of halogens is 1. The zero-order valence-corrected chi connectivity index (χ0v) is 9.63. The van der Waals surface area contributed by atoms with E-state index in [2.05, 4.69) is 4.98 Å². The molecule has 2 N–H and O–H groups in total. The molecule has 2 rings (SSSR count). The second-order valence-electron chi connectivity index (χ2n) is 4.08. The highest BCUT2D eigenvalue weighted by molar-refractivity contribution is 5.23. The number of alkyl halides is 1. The van der Waals surface area contributed by atoms with Crippen LogP contribution in [0, 0.1) is 5.92 Å². The van der Waals surface area contributed by atoms with Crippen molar-refractivity contribution < 1.29 is 11.9 Å². The Labute approximate surface area is 101 Å². The number of hydrogen-bond acceptors (Lipinski definition) is 4. The molecule has 1 aliphatic heterocycles. The monoisotopic (exact) mass is 243 g/mol. The first-order valence-electron chi connectivity index (χ1n) is 6.36. The molecule has 1 saturated heterocycles. The van der Waals surface area contributed by atoms with Crippen LogP contribution in [-0.4, -0.2) is 21.8 Å². The molecule has 6 heteroatoms. The second kappa shape index (κ2) is 4.44. The van der Waals surface area contributed by atoms with E-state index >= 15 is 0 Å². The molecular weight excluding hydrogens is 225 g/mol. The van der Waals surface area contributed by atoms with E-state index in [0.717, 1.165) is 4.57 Å². The Morgan fingerprint density at radius 1 is 1.76 bits per heavy atom. The summed E-state index contributed by atoms with van der Waals surface area (Å²) in [6, 6.07) is 1.37. The fourth-order valence-electron chi connectivity index (χ4n) is 1.95. The summed E-state index contributed by atoms with van der Waals surface area (Å²) in [5.74, 6) is -0.612. The quantitative estimate of drug-likeness (QED) is 0.844. The molecule has 0 aromatic carbocycles. The summed E-state index contributed by atoms with van der Waals surface area (Å²) >= 11 is 0. The number of hydrogen-bond donors (Lipinski definition) is 1. The molecule has 1 aliphatic rings. The topological polar surface area (TPSA) is 70.1 Å². The van der Waals surface area contributed by atoms with Gasteiger partial charge in [-0.25, -0.2) is 9.18 Å². The van der Waals surface area contributed by atoms with E-state index in [1.165, 1.54) is 19.2 Å². The van der Waals surface area contributed by atoms with Crippen molar-refractivity contribution in [3.8, 4) is 0 Å². The molecule has 94 valence electrons. The predicted octanol–water partition coefficient (Wildman–Crippen LogP) is 1.11. The van der Waals surface area contributed by atoms with Crippen LogP contribution in [-0.2, 0) is 4.74 Å². The highest BCUT2D eigenvalue weighted by Crippen LogP contribution is 2.36. The van der Waals surface area contributed by atoms with Gasteiger partial charge < -0.3 is 10.5 Å². The first kappa shape index (κ1) is 9.58. The minimum absolute atomic E-state index is 0.0464. The zero-order valence-electron chi connectivity index (χ0n) is 11.6. The molecule has 1 fully saturated rings. The van der Waals surface area contributed by atoms with Crippen molar-refractivity contribution in [3.63, 3.8) is 0 Å². The number of nitrogens with zero attached hydrogens (tertiary/aromatic N) is 2. The summed E-state index contributed by atoms with van der Waals surface area (Å²) in [5, 5.41) is 0. The van der Waals surface area contributed by atoms with E-state index in [1.807, 2.05) is 0 Å². The number of rotatable bonds is 2. The highest BCUT2D eigenvalue weighted by atomic mass is 19.1. The smallest absolute Gasteiger partial charge is 0.351 e. The normalized spacial score (nSPS) is 35.5. The SMILES string of the molecule is [2H]C([2H])(C)[C@H]1O[C@@H](n2ccc(N)nc2=O)[C@H](F)[C@@H]1C. The van der Waals surface area contributed by atoms with Crippen LogP contribution in [0.2, 0.25) is 0 Å². The number of nitrogens with two attached hydrogens (primary N) is 1. The molecule has 0 spiro atoms. The van der Waals surface area contributed by atoms with E-state index in [9.17, 15) is 9.18 Å². The van der Waals surface area contributed by atoms with E-state index in [4.69, 9.17) is 13.2 Å². The number of nitrogen functional groups attached to an aromatic ring is 1. The average Bonchev–Trinajstić information content (AvgIpc) is 2.56. The van der Waals surface area contributed by atoms with Crippen molar-refractivity contribution in [2.75, 3.05) is 5.73 Å². The van der Waals surface area contributed by atoms with Crippen molar-refractivity contribution in [3.05, 3.63) is 22.7 Å². The predicted molar refractivity (Wildman–Crippen MR) is 61.2 cm³/mol. The Morgan fingerprint density at radius 3 is 3.00 bits per heavy atom. The fourth-order valence-corrected chi connectivity index (χ4v) is 1.95. The molecule has 1 aromatic heterocycles. The summed E-state index contributed by atoms with van der Waals surface area (Å²) in [4.78, 5) is 15.2. The van der Waals surface area contributed by atoms with Gasteiger partial charge in [0.15, 0.2) is 12.4 Å². The van der Waals surface area contributed by atoms with Crippen LogP contribution in [0.15, 0.2) is 17.1 Å². The maximum Gasteiger partial charge on any atom is 0.351 e. The molecule has 0 amide bonds. The third-order valence-electron chi connectivity index (χ3n) is 2.95. The molecule has 0 bridgehead atoms. The molecule has 4 atom stereocenters. The minimum Gasteiger partial charge on any atom is -0.383 e. The fraction of sp³-hybridized carbons (Fsp3) is 0.636. The van der Waals surface area contributed by atoms with Gasteiger partial charge in [0, 0.05) is 14.9 Å². The first-order valence-corrected chi connectivity index (χ1v) is 5.36. The van der Waals surface area contributed by atoms with Gasteiger partial charge in [0.2, 0.25) is 0 Å². The van der Waals surface area contributed by atoms with E-state index in [0.29, 0.717) is 0 Å². The zero-order chi connectivity index (χ0) is 14.4. The van der Waals surface area contributed by atoms with Gasteiger partial charge in [-0.2, -0.15) is 4.98 Å². The Hall–Kier alpha value is -1.43. The maximum absolute atomic E-state index is 14.2. The van der Waals surface area contributed by atoms with Crippen molar-refractivity contribution in [1.29, 1.82) is 0 Å². The van der Waals surface area contributed by atoms with Gasteiger partial charge in [0.1, 0.15) is 5.82 Å².